The summed E-state index contributed by atoms with van der Waals surface area (Å²) in [5.74, 6) is 0.137. The molecule has 3 amide bonds. The van der Waals surface area contributed by atoms with Gasteiger partial charge in [-0.15, -0.1) is 0 Å². The predicted octanol–water partition coefficient (Wildman–Crippen LogP) is 3.56. The van der Waals surface area contributed by atoms with Gasteiger partial charge in [0.25, 0.3) is 0 Å². The van der Waals surface area contributed by atoms with E-state index in [0.29, 0.717) is 25.3 Å². The molecular formula is C22H25N3O3. The van der Waals surface area contributed by atoms with Gasteiger partial charge in [-0.05, 0) is 48.6 Å². The maximum atomic E-state index is 12.4. The number of rotatable bonds is 4. The van der Waals surface area contributed by atoms with Crippen molar-refractivity contribution in [1.82, 2.24) is 5.32 Å². The number of amides is 3. The summed E-state index contributed by atoms with van der Waals surface area (Å²) in [6.45, 7) is 3.78. The molecular weight excluding hydrogens is 354 g/mol. The van der Waals surface area contributed by atoms with Gasteiger partial charge >= 0.3 is 6.03 Å². The first kappa shape index (κ1) is 18.5. The highest BCUT2D eigenvalue weighted by molar-refractivity contribution is 5.97. The van der Waals surface area contributed by atoms with Crippen molar-refractivity contribution in [3.63, 3.8) is 0 Å². The second-order valence-electron chi connectivity index (χ2n) is 7.29. The predicted molar refractivity (Wildman–Crippen MR) is 109 cm³/mol. The number of hydrogen-bond acceptors (Lipinski definition) is 3. The average molecular weight is 379 g/mol. The largest absolute Gasteiger partial charge is 0.371 e. The standard InChI is InChI=1S/C22H25N3O3/c1-15-8-9-17(13-19(15)25-11-4-7-21(25)26)24-22(27)23-14-20-18-6-3-2-5-16(18)10-12-28-20/h2-3,5-6,8-9,13,20H,4,7,10-12,14H2,1H3,(H2,23,24,27). The van der Waals surface area contributed by atoms with E-state index in [9.17, 15) is 9.59 Å². The van der Waals surface area contributed by atoms with E-state index in [1.165, 1.54) is 5.56 Å². The SMILES string of the molecule is Cc1ccc(NC(=O)NCC2OCCc3ccccc32)cc1N1CCCC1=O. The van der Waals surface area contributed by atoms with Gasteiger partial charge in [0.15, 0.2) is 0 Å². The molecule has 1 atom stereocenters. The van der Waals surface area contributed by atoms with E-state index in [0.717, 1.165) is 36.2 Å². The van der Waals surface area contributed by atoms with Crippen molar-refractivity contribution in [2.24, 2.45) is 0 Å². The molecule has 1 unspecified atom stereocenters. The molecule has 2 heterocycles. The van der Waals surface area contributed by atoms with E-state index in [-0.39, 0.29) is 18.0 Å². The van der Waals surface area contributed by atoms with E-state index < -0.39 is 0 Å². The van der Waals surface area contributed by atoms with Gasteiger partial charge < -0.3 is 20.3 Å². The summed E-state index contributed by atoms with van der Waals surface area (Å²) in [6.07, 6.45) is 2.23. The number of carbonyl (C=O) groups excluding carboxylic acids is 2. The molecule has 1 fully saturated rings. The molecule has 0 aromatic heterocycles. The van der Waals surface area contributed by atoms with Crippen LogP contribution >= 0.6 is 0 Å². The van der Waals surface area contributed by atoms with Crippen molar-refractivity contribution in [2.75, 3.05) is 29.9 Å². The van der Waals surface area contributed by atoms with Crippen LogP contribution in [0.25, 0.3) is 0 Å². The first-order valence-electron chi connectivity index (χ1n) is 9.77. The van der Waals surface area contributed by atoms with Gasteiger partial charge in [0, 0.05) is 30.9 Å². The highest BCUT2D eigenvalue weighted by atomic mass is 16.5. The fourth-order valence-corrected chi connectivity index (χ4v) is 3.89. The number of hydrogen-bond donors (Lipinski definition) is 2. The Kier molecular flexibility index (Phi) is 5.30. The van der Waals surface area contributed by atoms with Crippen molar-refractivity contribution in [3.05, 3.63) is 59.2 Å². The molecule has 2 aliphatic rings. The lowest BCUT2D eigenvalue weighted by atomic mass is 9.98. The Morgan fingerprint density at radius 1 is 1.21 bits per heavy atom. The lowest BCUT2D eigenvalue weighted by Gasteiger charge is -2.26. The summed E-state index contributed by atoms with van der Waals surface area (Å²) in [5, 5.41) is 5.77. The normalized spacial score (nSPS) is 18.7. The highest BCUT2D eigenvalue weighted by Gasteiger charge is 2.24. The van der Waals surface area contributed by atoms with Crippen molar-refractivity contribution in [2.45, 2.75) is 32.3 Å². The molecule has 0 spiro atoms. The molecule has 2 N–H and O–H groups in total. The number of benzene rings is 2. The minimum atomic E-state index is -0.283. The topological polar surface area (TPSA) is 70.7 Å². The van der Waals surface area contributed by atoms with Crippen molar-refractivity contribution in [1.29, 1.82) is 0 Å². The first-order chi connectivity index (χ1) is 13.6. The third kappa shape index (κ3) is 3.87. The van der Waals surface area contributed by atoms with Crippen LogP contribution < -0.4 is 15.5 Å². The summed E-state index contributed by atoms with van der Waals surface area (Å²) < 4.78 is 5.83. The second-order valence-corrected chi connectivity index (χ2v) is 7.29. The lowest BCUT2D eigenvalue weighted by Crippen LogP contribution is -2.34. The summed E-state index contributed by atoms with van der Waals surface area (Å²) in [6, 6.07) is 13.5. The van der Waals surface area contributed by atoms with Gasteiger partial charge in [-0.25, -0.2) is 4.79 Å². The Bertz CT molecular complexity index is 896. The van der Waals surface area contributed by atoms with Crippen LogP contribution in [0.4, 0.5) is 16.2 Å². The minimum Gasteiger partial charge on any atom is -0.371 e. The van der Waals surface area contributed by atoms with Crippen molar-refractivity contribution >= 4 is 23.3 Å². The number of aryl methyl sites for hydroxylation is 1. The lowest BCUT2D eigenvalue weighted by molar-refractivity contribution is -0.117. The smallest absolute Gasteiger partial charge is 0.319 e. The number of nitrogens with one attached hydrogen (secondary N) is 2. The van der Waals surface area contributed by atoms with E-state index in [4.69, 9.17) is 4.74 Å². The van der Waals surface area contributed by atoms with Crippen LogP contribution in [-0.4, -0.2) is 31.6 Å². The summed E-state index contributed by atoms with van der Waals surface area (Å²) in [4.78, 5) is 26.2. The van der Waals surface area contributed by atoms with Crippen LogP contribution in [0.5, 0.6) is 0 Å². The number of ether oxygens (including phenoxy) is 1. The van der Waals surface area contributed by atoms with Gasteiger partial charge in [0.1, 0.15) is 6.10 Å². The molecule has 146 valence electrons. The number of carbonyl (C=O) groups is 2. The van der Waals surface area contributed by atoms with E-state index >= 15 is 0 Å². The summed E-state index contributed by atoms with van der Waals surface area (Å²) in [7, 11) is 0. The van der Waals surface area contributed by atoms with Crippen LogP contribution in [-0.2, 0) is 16.0 Å². The molecule has 1 saturated heterocycles. The van der Waals surface area contributed by atoms with E-state index in [1.54, 1.807) is 4.90 Å². The summed E-state index contributed by atoms with van der Waals surface area (Å²) in [5.41, 5.74) is 4.97. The van der Waals surface area contributed by atoms with Crippen LogP contribution in [0.2, 0.25) is 0 Å². The first-order valence-corrected chi connectivity index (χ1v) is 9.77. The van der Waals surface area contributed by atoms with Crippen LogP contribution in [0.1, 0.15) is 35.6 Å². The molecule has 4 rings (SSSR count). The Hall–Kier alpha value is -2.86. The third-order valence-electron chi connectivity index (χ3n) is 5.37. The molecule has 0 saturated carbocycles. The average Bonchev–Trinajstić information content (AvgIpc) is 3.13. The maximum absolute atomic E-state index is 12.4. The molecule has 6 nitrogen and oxygen atoms in total. The molecule has 0 aliphatic carbocycles. The second kappa shape index (κ2) is 8.02. The molecule has 0 bridgehead atoms. The zero-order valence-electron chi connectivity index (χ0n) is 16.0. The Morgan fingerprint density at radius 3 is 2.89 bits per heavy atom. The van der Waals surface area contributed by atoms with E-state index in [2.05, 4.69) is 22.8 Å². The highest BCUT2D eigenvalue weighted by Crippen LogP contribution is 2.28. The van der Waals surface area contributed by atoms with Gasteiger partial charge in [-0.1, -0.05) is 30.3 Å². The number of nitrogens with zero attached hydrogens (tertiary/aromatic N) is 1. The number of anilines is 2. The molecule has 0 radical (unpaired) electrons. The van der Waals surface area contributed by atoms with Crippen molar-refractivity contribution < 1.29 is 14.3 Å². The number of urea groups is 1. The quantitative estimate of drug-likeness (QED) is 0.853. The molecule has 2 aromatic carbocycles. The van der Waals surface area contributed by atoms with Crippen LogP contribution in [0, 0.1) is 6.92 Å². The molecule has 6 heteroatoms. The monoisotopic (exact) mass is 379 g/mol. The molecule has 2 aromatic rings. The van der Waals surface area contributed by atoms with Crippen LogP contribution in [0.15, 0.2) is 42.5 Å². The summed E-state index contributed by atoms with van der Waals surface area (Å²) >= 11 is 0. The van der Waals surface area contributed by atoms with Crippen LogP contribution in [0.3, 0.4) is 0 Å². The third-order valence-corrected chi connectivity index (χ3v) is 5.37. The van der Waals surface area contributed by atoms with E-state index in [1.807, 2.05) is 37.3 Å². The van der Waals surface area contributed by atoms with Crippen molar-refractivity contribution in [3.8, 4) is 0 Å². The number of fused-ring (bicyclic) bond motifs is 1. The minimum absolute atomic E-state index is 0.133. The molecule has 2 aliphatic heterocycles. The molecule has 28 heavy (non-hydrogen) atoms. The fourth-order valence-electron chi connectivity index (χ4n) is 3.89. The fraction of sp³-hybridized carbons (Fsp3) is 0.364. The van der Waals surface area contributed by atoms with Gasteiger partial charge in [0.2, 0.25) is 5.91 Å². The van der Waals surface area contributed by atoms with Gasteiger partial charge in [-0.3, -0.25) is 4.79 Å². The Labute approximate surface area is 164 Å². The van der Waals surface area contributed by atoms with Gasteiger partial charge in [-0.2, -0.15) is 0 Å². The maximum Gasteiger partial charge on any atom is 0.319 e. The zero-order valence-corrected chi connectivity index (χ0v) is 16.0. The Morgan fingerprint density at radius 2 is 2.07 bits per heavy atom. The zero-order chi connectivity index (χ0) is 19.5. The van der Waals surface area contributed by atoms with Gasteiger partial charge in [0.05, 0.1) is 6.61 Å². The Balaban J connectivity index is 1.39.